The number of carbonyl (C=O) groups excluding carboxylic acids is 1. The van der Waals surface area contributed by atoms with Gasteiger partial charge in [0.2, 0.25) is 5.91 Å². The Kier molecular flexibility index (Phi) is 4.08. The van der Waals surface area contributed by atoms with E-state index in [9.17, 15) is 4.79 Å². The first kappa shape index (κ1) is 14.6. The molecule has 1 saturated heterocycles. The van der Waals surface area contributed by atoms with Crippen molar-refractivity contribution in [2.75, 3.05) is 18.5 Å². The normalized spacial score (nSPS) is 17.6. The molecule has 1 aliphatic heterocycles. The molecule has 2 aromatic rings. The highest BCUT2D eigenvalue weighted by molar-refractivity contribution is 7.17. The van der Waals surface area contributed by atoms with E-state index in [1.165, 1.54) is 16.2 Å². The van der Waals surface area contributed by atoms with Crippen molar-refractivity contribution in [2.45, 2.75) is 25.3 Å². The Bertz CT molecular complexity index is 644. The summed E-state index contributed by atoms with van der Waals surface area (Å²) < 4.78 is 5.26. The third-order valence-electron chi connectivity index (χ3n) is 3.55. The van der Waals surface area contributed by atoms with E-state index in [0.717, 1.165) is 10.6 Å². The number of nitrogens with two attached hydrogens (primary N) is 1. The lowest BCUT2D eigenvalue weighted by molar-refractivity contribution is -0.124. The molecule has 0 atom stereocenters. The maximum atomic E-state index is 12.3. The molecule has 1 aliphatic rings. The highest BCUT2D eigenvalue weighted by Gasteiger charge is 2.36. The number of ether oxygens (including phenoxy) is 1. The SMILES string of the molecule is Cc1ccc(-c2csc(NC(=O)C3(N)CCOCC3)n2)s1. The highest BCUT2D eigenvalue weighted by Crippen LogP contribution is 2.31. The summed E-state index contributed by atoms with van der Waals surface area (Å²) >= 11 is 3.11. The molecular weight excluding hydrogens is 306 g/mol. The Labute approximate surface area is 131 Å². The number of hydrogen-bond acceptors (Lipinski definition) is 6. The third-order valence-corrected chi connectivity index (χ3v) is 5.34. The van der Waals surface area contributed by atoms with E-state index in [2.05, 4.69) is 23.3 Å². The molecule has 7 heteroatoms. The van der Waals surface area contributed by atoms with Crippen LogP contribution in [-0.2, 0) is 9.53 Å². The van der Waals surface area contributed by atoms with Crippen molar-refractivity contribution >= 4 is 33.7 Å². The fourth-order valence-corrected chi connectivity index (χ4v) is 3.81. The molecule has 0 saturated carbocycles. The molecule has 0 aromatic carbocycles. The fourth-order valence-electron chi connectivity index (χ4n) is 2.20. The molecule has 5 nitrogen and oxygen atoms in total. The number of aromatic nitrogens is 1. The standard InChI is InChI=1S/C14H17N3O2S2/c1-9-2-3-11(21-9)10-8-20-13(16-10)17-12(18)14(15)4-6-19-7-5-14/h2-3,8H,4-7,15H2,1H3,(H,16,17,18). The Hall–Kier alpha value is -1.28. The number of thiazole rings is 1. The van der Waals surface area contributed by atoms with Crippen molar-refractivity contribution in [2.24, 2.45) is 5.73 Å². The average molecular weight is 323 g/mol. The van der Waals surface area contributed by atoms with Crippen LogP contribution in [-0.4, -0.2) is 29.6 Å². The zero-order valence-electron chi connectivity index (χ0n) is 11.7. The molecule has 21 heavy (non-hydrogen) atoms. The van der Waals surface area contributed by atoms with Crippen LogP contribution >= 0.6 is 22.7 Å². The monoisotopic (exact) mass is 323 g/mol. The molecule has 1 amide bonds. The summed E-state index contributed by atoms with van der Waals surface area (Å²) in [5, 5.41) is 5.39. The van der Waals surface area contributed by atoms with E-state index in [4.69, 9.17) is 10.5 Å². The summed E-state index contributed by atoms with van der Waals surface area (Å²) in [6, 6.07) is 4.11. The van der Waals surface area contributed by atoms with Crippen molar-refractivity contribution < 1.29 is 9.53 Å². The minimum absolute atomic E-state index is 0.172. The Balaban J connectivity index is 1.71. The molecule has 3 rings (SSSR count). The Morgan fingerprint density at radius 2 is 2.19 bits per heavy atom. The lowest BCUT2D eigenvalue weighted by atomic mass is 9.90. The molecule has 0 unspecified atom stereocenters. The lowest BCUT2D eigenvalue weighted by Crippen LogP contribution is -2.54. The highest BCUT2D eigenvalue weighted by atomic mass is 32.1. The first-order valence-electron chi connectivity index (χ1n) is 6.77. The van der Waals surface area contributed by atoms with Crippen LogP contribution in [0.15, 0.2) is 17.5 Å². The summed E-state index contributed by atoms with van der Waals surface area (Å²) in [6.07, 6.45) is 1.09. The summed E-state index contributed by atoms with van der Waals surface area (Å²) in [6.45, 7) is 3.12. The smallest absolute Gasteiger partial charge is 0.246 e. The molecule has 112 valence electrons. The van der Waals surface area contributed by atoms with Crippen LogP contribution < -0.4 is 11.1 Å². The van der Waals surface area contributed by atoms with Crippen molar-refractivity contribution in [3.63, 3.8) is 0 Å². The van der Waals surface area contributed by atoms with Crippen LogP contribution in [0.3, 0.4) is 0 Å². The Morgan fingerprint density at radius 1 is 1.43 bits per heavy atom. The number of thiophene rings is 1. The lowest BCUT2D eigenvalue weighted by Gasteiger charge is -2.31. The second-order valence-corrected chi connectivity index (χ2v) is 7.32. The van der Waals surface area contributed by atoms with Crippen LogP contribution in [0.5, 0.6) is 0 Å². The minimum Gasteiger partial charge on any atom is -0.381 e. The predicted molar refractivity (Wildman–Crippen MR) is 85.8 cm³/mol. The summed E-state index contributed by atoms with van der Waals surface area (Å²) in [4.78, 5) is 19.1. The molecule has 0 bridgehead atoms. The summed E-state index contributed by atoms with van der Waals surface area (Å²) in [5.41, 5.74) is 6.21. The second kappa shape index (κ2) is 5.84. The molecule has 0 radical (unpaired) electrons. The van der Waals surface area contributed by atoms with E-state index in [1.807, 2.05) is 11.4 Å². The van der Waals surface area contributed by atoms with E-state index < -0.39 is 5.54 Å². The van der Waals surface area contributed by atoms with Gasteiger partial charge in [-0.15, -0.1) is 22.7 Å². The van der Waals surface area contributed by atoms with Gasteiger partial charge in [0.15, 0.2) is 5.13 Å². The maximum absolute atomic E-state index is 12.3. The minimum atomic E-state index is -0.844. The quantitative estimate of drug-likeness (QED) is 0.910. The fraction of sp³-hybridized carbons (Fsp3) is 0.429. The van der Waals surface area contributed by atoms with Gasteiger partial charge in [0, 0.05) is 23.5 Å². The number of rotatable bonds is 3. The molecule has 3 heterocycles. The molecule has 2 aromatic heterocycles. The van der Waals surface area contributed by atoms with Gasteiger partial charge in [0.25, 0.3) is 0 Å². The van der Waals surface area contributed by atoms with Crippen LogP contribution in [0.2, 0.25) is 0 Å². The zero-order chi connectivity index (χ0) is 14.9. The van der Waals surface area contributed by atoms with E-state index in [-0.39, 0.29) is 5.91 Å². The van der Waals surface area contributed by atoms with Crippen LogP contribution in [0.4, 0.5) is 5.13 Å². The summed E-state index contributed by atoms with van der Waals surface area (Å²) in [5.74, 6) is -0.172. The summed E-state index contributed by atoms with van der Waals surface area (Å²) in [7, 11) is 0. The third kappa shape index (κ3) is 3.16. The van der Waals surface area contributed by atoms with E-state index in [0.29, 0.717) is 31.2 Å². The van der Waals surface area contributed by atoms with Gasteiger partial charge < -0.3 is 15.8 Å². The van der Waals surface area contributed by atoms with Gasteiger partial charge in [0.05, 0.1) is 10.6 Å². The predicted octanol–water partition coefficient (Wildman–Crippen LogP) is 2.63. The van der Waals surface area contributed by atoms with Crippen molar-refractivity contribution in [3.8, 4) is 10.6 Å². The van der Waals surface area contributed by atoms with Gasteiger partial charge in [-0.3, -0.25) is 4.79 Å². The van der Waals surface area contributed by atoms with Gasteiger partial charge in [0.1, 0.15) is 5.54 Å². The number of hydrogen-bond donors (Lipinski definition) is 2. The average Bonchev–Trinajstić information content (AvgIpc) is 3.08. The van der Waals surface area contributed by atoms with Crippen LogP contribution in [0.25, 0.3) is 10.6 Å². The maximum Gasteiger partial charge on any atom is 0.246 e. The number of carbonyl (C=O) groups is 1. The number of aryl methyl sites for hydroxylation is 1. The molecular formula is C14H17N3O2S2. The zero-order valence-corrected chi connectivity index (χ0v) is 13.4. The van der Waals surface area contributed by atoms with Gasteiger partial charge in [-0.05, 0) is 31.9 Å². The molecule has 1 fully saturated rings. The van der Waals surface area contributed by atoms with Gasteiger partial charge in [-0.2, -0.15) is 0 Å². The van der Waals surface area contributed by atoms with Crippen molar-refractivity contribution in [3.05, 3.63) is 22.4 Å². The topological polar surface area (TPSA) is 77.2 Å². The number of nitrogens with zero attached hydrogens (tertiary/aromatic N) is 1. The van der Waals surface area contributed by atoms with Crippen molar-refractivity contribution in [1.82, 2.24) is 4.98 Å². The van der Waals surface area contributed by atoms with Gasteiger partial charge >= 0.3 is 0 Å². The van der Waals surface area contributed by atoms with Crippen LogP contribution in [0.1, 0.15) is 17.7 Å². The molecule has 3 N–H and O–H groups in total. The molecule has 0 aliphatic carbocycles. The number of nitrogens with one attached hydrogen (secondary N) is 1. The van der Waals surface area contributed by atoms with E-state index in [1.54, 1.807) is 11.3 Å². The molecule has 0 spiro atoms. The van der Waals surface area contributed by atoms with E-state index >= 15 is 0 Å². The first-order valence-corrected chi connectivity index (χ1v) is 8.47. The first-order chi connectivity index (χ1) is 10.1. The van der Waals surface area contributed by atoms with Gasteiger partial charge in [-0.1, -0.05) is 0 Å². The van der Waals surface area contributed by atoms with Crippen molar-refractivity contribution in [1.29, 1.82) is 0 Å². The number of amides is 1. The van der Waals surface area contributed by atoms with Crippen LogP contribution in [0, 0.1) is 6.92 Å². The number of anilines is 1. The second-order valence-electron chi connectivity index (χ2n) is 5.17. The largest absolute Gasteiger partial charge is 0.381 e. The van der Waals surface area contributed by atoms with Gasteiger partial charge in [-0.25, -0.2) is 4.98 Å². The Morgan fingerprint density at radius 3 is 2.86 bits per heavy atom.